The Hall–Kier alpha value is -8.32. The van der Waals surface area contributed by atoms with E-state index in [1.54, 1.807) is 0 Å². The normalized spacial score (nSPS) is 11.8. The molecule has 5 nitrogen and oxygen atoms in total. The molecule has 0 saturated carbocycles. The minimum absolute atomic E-state index is 0.615. The van der Waals surface area contributed by atoms with Gasteiger partial charge in [0.2, 0.25) is 0 Å². The first-order chi connectivity index (χ1) is 31.7. The van der Waals surface area contributed by atoms with Crippen LogP contribution in [0.2, 0.25) is 0 Å². The molecule has 4 aromatic heterocycles. The van der Waals surface area contributed by atoms with Crippen molar-refractivity contribution in [3.05, 3.63) is 212 Å². The molecule has 0 aliphatic heterocycles. The number of para-hydroxylation sites is 2. The fourth-order valence-electron chi connectivity index (χ4n) is 9.40. The molecule has 0 unspecified atom stereocenters. The predicted molar refractivity (Wildman–Crippen MR) is 267 cm³/mol. The van der Waals surface area contributed by atoms with E-state index in [2.05, 4.69) is 199 Å². The topological polar surface area (TPSA) is 56.5 Å². The lowest BCUT2D eigenvalue weighted by molar-refractivity contribution is 1.07. The van der Waals surface area contributed by atoms with Crippen LogP contribution in [0.15, 0.2) is 212 Å². The maximum atomic E-state index is 5.28. The Kier molecular flexibility index (Phi) is 8.32. The van der Waals surface area contributed by atoms with Crippen molar-refractivity contribution in [1.29, 1.82) is 0 Å². The van der Waals surface area contributed by atoms with Crippen LogP contribution in [0.1, 0.15) is 0 Å². The Morgan fingerprint density at radius 1 is 0.328 bits per heavy atom. The largest absolute Gasteiger partial charge is 0.309 e. The van der Waals surface area contributed by atoms with Crippen LogP contribution >= 0.6 is 11.3 Å². The predicted octanol–water partition coefficient (Wildman–Crippen LogP) is 15.4. The Morgan fingerprint density at radius 3 is 1.67 bits per heavy atom. The molecule has 6 heteroatoms. The Morgan fingerprint density at radius 2 is 0.906 bits per heavy atom. The van der Waals surface area contributed by atoms with Gasteiger partial charge in [-0.2, -0.15) is 0 Å². The van der Waals surface area contributed by atoms with E-state index in [1.165, 1.54) is 31.1 Å². The first kappa shape index (κ1) is 36.3. The van der Waals surface area contributed by atoms with Crippen LogP contribution in [-0.2, 0) is 0 Å². The lowest BCUT2D eigenvalue weighted by atomic mass is 9.97. The average Bonchev–Trinajstić information content (AvgIpc) is 3.91. The maximum absolute atomic E-state index is 5.28. The molecule has 0 saturated heterocycles. The van der Waals surface area contributed by atoms with Crippen molar-refractivity contribution >= 4 is 75.0 Å². The van der Waals surface area contributed by atoms with E-state index in [0.717, 1.165) is 77.3 Å². The standard InChI is InChI=1S/C58H35N5S/c1-4-15-37(16-5-1)54-49-34-48-47-33-40(31-32-51(47)63(41-19-8-3-9-20-41)52(48)35-46(49)43-21-10-12-25-50(43)59-54)58-61-56(38-17-6-2-7-18-38)60-57(62-58)39-29-27-36(28-30-39)42-23-14-24-45-44-22-11-13-26-53(44)64-55(42)45/h1-35H. The van der Waals surface area contributed by atoms with E-state index >= 15 is 0 Å². The molecule has 64 heavy (non-hydrogen) atoms. The minimum atomic E-state index is 0.615. The molecule has 0 spiro atoms. The lowest BCUT2D eigenvalue weighted by Crippen LogP contribution is -2.00. The van der Waals surface area contributed by atoms with Gasteiger partial charge in [0.15, 0.2) is 17.5 Å². The Labute approximate surface area is 372 Å². The van der Waals surface area contributed by atoms with Crippen LogP contribution in [-0.4, -0.2) is 24.5 Å². The molecule has 0 atom stereocenters. The summed E-state index contributed by atoms with van der Waals surface area (Å²) in [6.07, 6.45) is 0. The zero-order chi connectivity index (χ0) is 42.1. The summed E-state index contributed by atoms with van der Waals surface area (Å²) in [5.74, 6) is 1.87. The van der Waals surface area contributed by atoms with Crippen molar-refractivity contribution in [3.8, 4) is 62.2 Å². The molecule has 4 heterocycles. The van der Waals surface area contributed by atoms with Crippen LogP contribution in [0, 0.1) is 0 Å². The average molecular weight is 834 g/mol. The van der Waals surface area contributed by atoms with E-state index < -0.39 is 0 Å². The highest BCUT2D eigenvalue weighted by Gasteiger charge is 2.20. The van der Waals surface area contributed by atoms with Crippen molar-refractivity contribution in [1.82, 2.24) is 24.5 Å². The van der Waals surface area contributed by atoms with Crippen molar-refractivity contribution in [2.45, 2.75) is 0 Å². The Balaban J connectivity index is 1.01. The van der Waals surface area contributed by atoms with Gasteiger partial charge in [0, 0.05) is 69.7 Å². The van der Waals surface area contributed by atoms with Gasteiger partial charge in [-0.1, -0.05) is 158 Å². The molecule has 0 bridgehead atoms. The van der Waals surface area contributed by atoms with E-state index in [-0.39, 0.29) is 0 Å². The second-order valence-corrected chi connectivity index (χ2v) is 17.2. The molecule has 0 aliphatic carbocycles. The number of thiophene rings is 1. The van der Waals surface area contributed by atoms with Crippen LogP contribution in [0.25, 0.3) is 126 Å². The zero-order valence-electron chi connectivity index (χ0n) is 34.4. The summed E-state index contributed by atoms with van der Waals surface area (Å²) in [6, 6.07) is 75.0. The summed E-state index contributed by atoms with van der Waals surface area (Å²) in [7, 11) is 0. The van der Waals surface area contributed by atoms with E-state index in [0.29, 0.717) is 17.5 Å². The van der Waals surface area contributed by atoms with Gasteiger partial charge >= 0.3 is 0 Å². The monoisotopic (exact) mass is 833 g/mol. The number of pyridine rings is 1. The first-order valence-corrected chi connectivity index (χ1v) is 22.3. The lowest BCUT2D eigenvalue weighted by Gasteiger charge is -2.12. The molecule has 0 radical (unpaired) electrons. The van der Waals surface area contributed by atoms with E-state index in [9.17, 15) is 0 Å². The van der Waals surface area contributed by atoms with Gasteiger partial charge < -0.3 is 4.57 Å². The van der Waals surface area contributed by atoms with Gasteiger partial charge in [-0.25, -0.2) is 19.9 Å². The number of benzene rings is 9. The summed E-state index contributed by atoms with van der Waals surface area (Å²) in [4.78, 5) is 20.8. The summed E-state index contributed by atoms with van der Waals surface area (Å²) < 4.78 is 4.97. The number of hydrogen-bond donors (Lipinski definition) is 0. The molecule has 298 valence electrons. The number of aromatic nitrogens is 5. The smallest absolute Gasteiger partial charge is 0.164 e. The second kappa shape index (κ2) is 14.7. The number of hydrogen-bond acceptors (Lipinski definition) is 5. The molecule has 13 aromatic rings. The van der Waals surface area contributed by atoms with Crippen molar-refractivity contribution < 1.29 is 0 Å². The van der Waals surface area contributed by atoms with E-state index in [4.69, 9.17) is 19.9 Å². The van der Waals surface area contributed by atoms with Gasteiger partial charge in [-0.15, -0.1) is 11.3 Å². The quantitative estimate of drug-likeness (QED) is 0.157. The Bertz CT molecular complexity index is 3930. The summed E-state index contributed by atoms with van der Waals surface area (Å²) >= 11 is 1.85. The van der Waals surface area contributed by atoms with Crippen LogP contribution < -0.4 is 0 Å². The number of rotatable bonds is 6. The third-order valence-electron chi connectivity index (χ3n) is 12.4. The second-order valence-electron chi connectivity index (χ2n) is 16.2. The fraction of sp³-hybridized carbons (Fsp3) is 0. The molecular weight excluding hydrogens is 799 g/mol. The number of nitrogens with zero attached hydrogens (tertiary/aromatic N) is 5. The molecule has 13 rings (SSSR count). The van der Waals surface area contributed by atoms with Gasteiger partial charge in [0.1, 0.15) is 0 Å². The van der Waals surface area contributed by atoms with Gasteiger partial charge in [0.05, 0.1) is 22.2 Å². The molecular formula is C58H35N5S. The third kappa shape index (κ3) is 5.92. The maximum Gasteiger partial charge on any atom is 0.164 e. The zero-order valence-corrected chi connectivity index (χ0v) is 35.2. The first-order valence-electron chi connectivity index (χ1n) is 21.5. The summed E-state index contributed by atoms with van der Waals surface area (Å²) in [5, 5.41) is 8.22. The highest BCUT2D eigenvalue weighted by atomic mass is 32.1. The van der Waals surface area contributed by atoms with Gasteiger partial charge in [-0.05, 0) is 71.1 Å². The van der Waals surface area contributed by atoms with Crippen molar-refractivity contribution in [3.63, 3.8) is 0 Å². The van der Waals surface area contributed by atoms with Crippen LogP contribution in [0.4, 0.5) is 0 Å². The SMILES string of the molecule is c1ccc(-c2nc(-c3ccc(-c4cccc5c4sc4ccccc45)cc3)nc(-c3ccc4c(c3)c3cc5c(-c6ccccc6)nc6ccccc6c5cc3n4-c3ccccc3)n2)cc1. The molecule has 0 aliphatic rings. The summed E-state index contributed by atoms with van der Waals surface area (Å²) in [5.41, 5.74) is 11.5. The molecule has 9 aromatic carbocycles. The highest BCUT2D eigenvalue weighted by molar-refractivity contribution is 7.26. The van der Waals surface area contributed by atoms with Gasteiger partial charge in [0.25, 0.3) is 0 Å². The van der Waals surface area contributed by atoms with Gasteiger partial charge in [-0.3, -0.25) is 0 Å². The highest BCUT2D eigenvalue weighted by Crippen LogP contribution is 2.42. The summed E-state index contributed by atoms with van der Waals surface area (Å²) in [6.45, 7) is 0. The fourth-order valence-corrected chi connectivity index (χ4v) is 10.6. The third-order valence-corrected chi connectivity index (χ3v) is 13.7. The minimum Gasteiger partial charge on any atom is -0.309 e. The van der Waals surface area contributed by atoms with Crippen molar-refractivity contribution in [2.75, 3.05) is 0 Å². The molecule has 0 amide bonds. The van der Waals surface area contributed by atoms with Crippen molar-refractivity contribution in [2.24, 2.45) is 0 Å². The number of fused-ring (bicyclic) bond motifs is 9. The van der Waals surface area contributed by atoms with Crippen LogP contribution in [0.3, 0.4) is 0 Å². The van der Waals surface area contributed by atoms with Crippen LogP contribution in [0.5, 0.6) is 0 Å². The molecule has 0 fully saturated rings. The van der Waals surface area contributed by atoms with E-state index in [1.807, 2.05) is 29.5 Å². The molecule has 0 N–H and O–H groups in total.